The van der Waals surface area contributed by atoms with Gasteiger partial charge in [0.05, 0.1) is 23.1 Å². The second-order valence-corrected chi connectivity index (χ2v) is 4.79. The lowest BCUT2D eigenvalue weighted by Crippen LogP contribution is -2.10. The van der Waals surface area contributed by atoms with Gasteiger partial charge < -0.3 is 10.7 Å². The molecular formula is C16H17N5. The van der Waals surface area contributed by atoms with E-state index in [2.05, 4.69) is 19.9 Å². The Hall–Kier alpha value is -2.53. The molecule has 0 fully saturated rings. The molecule has 5 heteroatoms. The van der Waals surface area contributed by atoms with Gasteiger partial charge in [-0.25, -0.2) is 4.98 Å². The minimum atomic E-state index is -0.120. The van der Waals surface area contributed by atoms with E-state index >= 15 is 0 Å². The highest BCUT2D eigenvalue weighted by atomic mass is 15.0. The molecule has 0 amide bonds. The van der Waals surface area contributed by atoms with E-state index in [0.29, 0.717) is 0 Å². The average Bonchev–Trinajstić information content (AvgIpc) is 3.01. The van der Waals surface area contributed by atoms with Crippen molar-refractivity contribution in [3.8, 4) is 22.8 Å². The summed E-state index contributed by atoms with van der Waals surface area (Å²) in [6.45, 7) is 2.04. The summed E-state index contributed by atoms with van der Waals surface area (Å²) in [5.41, 5.74) is 9.38. The Morgan fingerprint density at radius 1 is 1.05 bits per heavy atom. The Kier molecular flexibility index (Phi) is 3.75. The van der Waals surface area contributed by atoms with E-state index in [9.17, 15) is 0 Å². The fraction of sp³-hybridized carbons (Fsp3) is 0.188. The summed E-state index contributed by atoms with van der Waals surface area (Å²) < 4.78 is 0. The quantitative estimate of drug-likeness (QED) is 0.769. The fourth-order valence-electron chi connectivity index (χ4n) is 2.14. The Labute approximate surface area is 123 Å². The van der Waals surface area contributed by atoms with Crippen molar-refractivity contribution >= 4 is 0 Å². The molecule has 0 radical (unpaired) electrons. The smallest absolute Gasteiger partial charge is 0.124 e. The minimum Gasteiger partial charge on any atom is -0.339 e. The summed E-state index contributed by atoms with van der Waals surface area (Å²) >= 11 is 0. The van der Waals surface area contributed by atoms with Gasteiger partial charge in [0.25, 0.3) is 0 Å². The first-order chi connectivity index (χ1) is 10.3. The molecule has 3 aromatic rings. The molecule has 3 N–H and O–H groups in total. The van der Waals surface area contributed by atoms with Gasteiger partial charge in [-0.2, -0.15) is 0 Å². The van der Waals surface area contributed by atoms with Gasteiger partial charge in [-0.15, -0.1) is 0 Å². The summed E-state index contributed by atoms with van der Waals surface area (Å²) in [6, 6.07) is 11.4. The van der Waals surface area contributed by atoms with E-state index in [1.807, 2.05) is 43.3 Å². The van der Waals surface area contributed by atoms with E-state index in [-0.39, 0.29) is 6.04 Å². The van der Waals surface area contributed by atoms with Crippen molar-refractivity contribution in [2.75, 3.05) is 0 Å². The molecular weight excluding hydrogens is 262 g/mol. The third kappa shape index (κ3) is 2.68. The van der Waals surface area contributed by atoms with Crippen LogP contribution in [0.1, 0.15) is 25.2 Å². The van der Waals surface area contributed by atoms with Crippen LogP contribution >= 0.6 is 0 Å². The molecule has 0 saturated heterocycles. The van der Waals surface area contributed by atoms with Gasteiger partial charge in [0, 0.05) is 12.4 Å². The van der Waals surface area contributed by atoms with Crippen molar-refractivity contribution < 1.29 is 0 Å². The van der Waals surface area contributed by atoms with Crippen molar-refractivity contribution in [3.63, 3.8) is 0 Å². The lowest BCUT2D eigenvalue weighted by atomic mass is 10.2. The summed E-state index contributed by atoms with van der Waals surface area (Å²) in [5, 5.41) is 0. The van der Waals surface area contributed by atoms with Crippen LogP contribution in [-0.4, -0.2) is 19.9 Å². The highest BCUT2D eigenvalue weighted by molar-refractivity contribution is 5.74. The maximum absolute atomic E-state index is 6.10. The molecule has 0 aliphatic heterocycles. The van der Waals surface area contributed by atoms with Crippen LogP contribution in [0.5, 0.6) is 0 Å². The number of hydrogen-bond acceptors (Lipinski definition) is 4. The number of rotatable bonds is 4. The number of nitrogens with two attached hydrogens (primary N) is 1. The van der Waals surface area contributed by atoms with Gasteiger partial charge in [-0.1, -0.05) is 19.1 Å². The first kappa shape index (κ1) is 13.5. The zero-order valence-corrected chi connectivity index (χ0v) is 11.8. The third-order valence-electron chi connectivity index (χ3n) is 3.34. The van der Waals surface area contributed by atoms with E-state index in [0.717, 1.165) is 35.0 Å². The van der Waals surface area contributed by atoms with Crippen molar-refractivity contribution in [1.29, 1.82) is 0 Å². The van der Waals surface area contributed by atoms with Gasteiger partial charge in [-0.3, -0.25) is 9.97 Å². The maximum Gasteiger partial charge on any atom is 0.124 e. The van der Waals surface area contributed by atoms with Crippen LogP contribution in [0.2, 0.25) is 0 Å². The molecule has 0 spiro atoms. The fourth-order valence-corrected chi connectivity index (χ4v) is 2.14. The van der Waals surface area contributed by atoms with E-state index in [4.69, 9.17) is 5.73 Å². The molecule has 3 rings (SSSR count). The van der Waals surface area contributed by atoms with Gasteiger partial charge in [0.2, 0.25) is 0 Å². The molecule has 0 aliphatic rings. The third-order valence-corrected chi connectivity index (χ3v) is 3.34. The number of nitrogens with one attached hydrogen (secondary N) is 1. The minimum absolute atomic E-state index is 0.120. The number of aromatic amines is 1. The molecule has 3 aromatic heterocycles. The van der Waals surface area contributed by atoms with Crippen molar-refractivity contribution in [3.05, 3.63) is 54.6 Å². The molecule has 0 unspecified atom stereocenters. The molecule has 106 valence electrons. The number of pyridine rings is 2. The largest absolute Gasteiger partial charge is 0.339 e. The number of nitrogens with zero attached hydrogens (tertiary/aromatic N) is 3. The monoisotopic (exact) mass is 279 g/mol. The molecule has 0 bridgehead atoms. The normalized spacial score (nSPS) is 12.3. The molecule has 0 aliphatic carbocycles. The van der Waals surface area contributed by atoms with Gasteiger partial charge in [0.15, 0.2) is 0 Å². The summed E-state index contributed by atoms with van der Waals surface area (Å²) in [6.07, 6.45) is 4.33. The number of H-pyrrole nitrogens is 1. The predicted molar refractivity (Wildman–Crippen MR) is 82.3 cm³/mol. The van der Waals surface area contributed by atoms with Crippen LogP contribution in [0.25, 0.3) is 22.8 Å². The maximum atomic E-state index is 6.10. The molecule has 1 atom stereocenters. The predicted octanol–water partition coefficient (Wildman–Crippen LogP) is 2.94. The molecule has 21 heavy (non-hydrogen) atoms. The van der Waals surface area contributed by atoms with Crippen LogP contribution in [0.15, 0.2) is 48.8 Å². The Balaban J connectivity index is 2.15. The average molecular weight is 279 g/mol. The Morgan fingerprint density at radius 3 is 2.29 bits per heavy atom. The van der Waals surface area contributed by atoms with Crippen molar-refractivity contribution in [1.82, 2.24) is 19.9 Å². The summed E-state index contributed by atoms with van der Waals surface area (Å²) in [7, 11) is 0. The summed E-state index contributed by atoms with van der Waals surface area (Å²) in [4.78, 5) is 16.7. The van der Waals surface area contributed by atoms with E-state index in [1.54, 1.807) is 12.4 Å². The van der Waals surface area contributed by atoms with Gasteiger partial charge in [0.1, 0.15) is 11.5 Å². The van der Waals surface area contributed by atoms with E-state index < -0.39 is 0 Å². The second kappa shape index (κ2) is 5.85. The molecule has 0 aromatic carbocycles. The van der Waals surface area contributed by atoms with Crippen LogP contribution in [0.4, 0.5) is 0 Å². The lowest BCUT2D eigenvalue weighted by Gasteiger charge is -2.03. The number of aromatic nitrogens is 4. The van der Waals surface area contributed by atoms with Crippen LogP contribution < -0.4 is 5.73 Å². The topological polar surface area (TPSA) is 80.5 Å². The molecule has 3 heterocycles. The highest BCUT2D eigenvalue weighted by Gasteiger charge is 2.18. The van der Waals surface area contributed by atoms with Crippen LogP contribution in [0, 0.1) is 0 Å². The Morgan fingerprint density at radius 2 is 1.71 bits per heavy atom. The lowest BCUT2D eigenvalue weighted by molar-refractivity contribution is 0.659. The van der Waals surface area contributed by atoms with Gasteiger partial charge in [-0.05, 0) is 30.7 Å². The standard InChI is InChI=1S/C16H17N5/c1-2-11(17)16-20-14(12-7-3-5-9-18-12)15(21-16)13-8-4-6-10-19-13/h3-11H,2,17H2,1H3,(H,20,21)/t11-/m0/s1. The zero-order valence-electron chi connectivity index (χ0n) is 11.8. The Bertz CT molecular complexity index is 649. The SMILES string of the molecule is CC[C@H](N)c1nc(-c2ccccn2)c(-c2ccccn2)[nH]1. The second-order valence-electron chi connectivity index (χ2n) is 4.79. The molecule has 5 nitrogen and oxygen atoms in total. The van der Waals surface area contributed by atoms with Crippen molar-refractivity contribution in [2.45, 2.75) is 19.4 Å². The first-order valence-corrected chi connectivity index (χ1v) is 6.98. The molecule has 0 saturated carbocycles. The highest BCUT2D eigenvalue weighted by Crippen LogP contribution is 2.29. The van der Waals surface area contributed by atoms with Crippen LogP contribution in [-0.2, 0) is 0 Å². The summed E-state index contributed by atoms with van der Waals surface area (Å²) in [5.74, 6) is 0.763. The van der Waals surface area contributed by atoms with Gasteiger partial charge >= 0.3 is 0 Å². The van der Waals surface area contributed by atoms with E-state index in [1.165, 1.54) is 0 Å². The first-order valence-electron chi connectivity index (χ1n) is 6.98. The van der Waals surface area contributed by atoms with Crippen molar-refractivity contribution in [2.24, 2.45) is 5.73 Å². The number of hydrogen-bond donors (Lipinski definition) is 2. The zero-order chi connectivity index (χ0) is 14.7. The van der Waals surface area contributed by atoms with Crippen LogP contribution in [0.3, 0.4) is 0 Å². The number of imidazole rings is 1.